The Morgan fingerprint density at radius 3 is 2.53 bits per heavy atom. The molecule has 1 aromatic carbocycles. The first-order valence-electron chi connectivity index (χ1n) is 6.62. The number of rotatable bonds is 6. The monoisotopic (exact) mass is 257 g/mol. The highest BCUT2D eigenvalue weighted by Gasteiger charge is 2.05. The van der Waals surface area contributed by atoms with Crippen molar-refractivity contribution < 1.29 is 9.47 Å². The Morgan fingerprint density at radius 2 is 1.84 bits per heavy atom. The van der Waals surface area contributed by atoms with Crippen molar-refractivity contribution in [1.29, 1.82) is 0 Å². The van der Waals surface area contributed by atoms with E-state index in [1.54, 1.807) is 0 Å². The molecule has 0 spiro atoms. The highest BCUT2D eigenvalue weighted by atomic mass is 16.5. The molecule has 0 bridgehead atoms. The molecule has 0 aliphatic rings. The van der Waals surface area contributed by atoms with Gasteiger partial charge in [0, 0.05) is 17.8 Å². The highest BCUT2D eigenvalue weighted by molar-refractivity contribution is 5.35. The number of hydrogen-bond donors (Lipinski definition) is 0. The van der Waals surface area contributed by atoms with E-state index in [0.29, 0.717) is 19.1 Å². The molecule has 0 saturated carbocycles. The van der Waals surface area contributed by atoms with Gasteiger partial charge in [0.25, 0.3) is 0 Å². The van der Waals surface area contributed by atoms with E-state index in [1.807, 2.05) is 49.5 Å². The number of ether oxygens (including phenoxy) is 2. The molecule has 0 saturated heterocycles. The summed E-state index contributed by atoms with van der Waals surface area (Å²) in [6.45, 7) is 5.23. The highest BCUT2D eigenvalue weighted by Crippen LogP contribution is 2.23. The van der Waals surface area contributed by atoms with Crippen LogP contribution in [-0.2, 0) is 13.0 Å². The molecule has 0 unspecified atom stereocenters. The lowest BCUT2D eigenvalue weighted by Crippen LogP contribution is -2.01. The minimum absolute atomic E-state index is 0.519. The summed E-state index contributed by atoms with van der Waals surface area (Å²) in [7, 11) is 0. The van der Waals surface area contributed by atoms with E-state index in [9.17, 15) is 0 Å². The first-order valence-corrected chi connectivity index (χ1v) is 6.62. The average molecular weight is 257 g/mol. The van der Waals surface area contributed by atoms with Crippen molar-refractivity contribution in [3.05, 3.63) is 53.7 Å². The van der Waals surface area contributed by atoms with Gasteiger partial charge >= 0.3 is 0 Å². The second-order valence-electron chi connectivity index (χ2n) is 4.19. The summed E-state index contributed by atoms with van der Waals surface area (Å²) in [4.78, 5) is 4.31. The number of benzene rings is 1. The Bertz CT molecular complexity index is 511. The van der Waals surface area contributed by atoms with Crippen LogP contribution in [0.15, 0.2) is 42.6 Å². The summed E-state index contributed by atoms with van der Waals surface area (Å²) in [5.41, 5.74) is 2.23. The van der Waals surface area contributed by atoms with Gasteiger partial charge in [-0.15, -0.1) is 0 Å². The van der Waals surface area contributed by atoms with Crippen LogP contribution in [0.2, 0.25) is 0 Å². The SMILES string of the molecule is CCOc1cc(OCc2ccccc2)ncc1CC. The molecule has 2 rings (SSSR count). The molecular weight excluding hydrogens is 238 g/mol. The minimum Gasteiger partial charge on any atom is -0.493 e. The van der Waals surface area contributed by atoms with Crippen LogP contribution >= 0.6 is 0 Å². The minimum atomic E-state index is 0.519. The van der Waals surface area contributed by atoms with Crippen LogP contribution in [0.4, 0.5) is 0 Å². The predicted octanol–water partition coefficient (Wildman–Crippen LogP) is 3.62. The zero-order valence-electron chi connectivity index (χ0n) is 11.4. The van der Waals surface area contributed by atoms with E-state index < -0.39 is 0 Å². The maximum atomic E-state index is 5.69. The fourth-order valence-electron chi connectivity index (χ4n) is 1.81. The number of pyridine rings is 1. The zero-order valence-corrected chi connectivity index (χ0v) is 11.4. The molecule has 1 heterocycles. The molecule has 3 heteroatoms. The molecule has 0 fully saturated rings. The topological polar surface area (TPSA) is 31.4 Å². The largest absolute Gasteiger partial charge is 0.493 e. The van der Waals surface area contributed by atoms with E-state index in [1.165, 1.54) is 0 Å². The third-order valence-corrected chi connectivity index (χ3v) is 2.83. The van der Waals surface area contributed by atoms with Crippen LogP contribution in [-0.4, -0.2) is 11.6 Å². The summed E-state index contributed by atoms with van der Waals surface area (Å²) in [6, 6.07) is 11.9. The van der Waals surface area contributed by atoms with Gasteiger partial charge in [0.05, 0.1) is 6.61 Å². The third-order valence-electron chi connectivity index (χ3n) is 2.83. The summed E-state index contributed by atoms with van der Waals surface area (Å²) in [6.07, 6.45) is 2.73. The van der Waals surface area contributed by atoms with Crippen molar-refractivity contribution in [2.24, 2.45) is 0 Å². The van der Waals surface area contributed by atoms with Gasteiger partial charge in [-0.05, 0) is 18.9 Å². The molecule has 19 heavy (non-hydrogen) atoms. The van der Waals surface area contributed by atoms with Crippen molar-refractivity contribution in [2.45, 2.75) is 26.9 Å². The standard InChI is InChI=1S/C16H19NO2/c1-3-14-11-17-16(10-15(14)18-4-2)19-12-13-8-6-5-7-9-13/h5-11H,3-4,12H2,1-2H3. The fraction of sp³-hybridized carbons (Fsp3) is 0.312. The van der Waals surface area contributed by atoms with Crippen LogP contribution in [0.5, 0.6) is 11.6 Å². The molecule has 0 aliphatic carbocycles. The van der Waals surface area contributed by atoms with Crippen molar-refractivity contribution in [3.8, 4) is 11.6 Å². The molecule has 100 valence electrons. The molecule has 0 aliphatic heterocycles. The van der Waals surface area contributed by atoms with E-state index in [0.717, 1.165) is 23.3 Å². The summed E-state index contributed by atoms with van der Waals surface area (Å²) < 4.78 is 11.3. The summed E-state index contributed by atoms with van der Waals surface area (Å²) >= 11 is 0. The lowest BCUT2D eigenvalue weighted by atomic mass is 10.2. The molecule has 2 aromatic rings. The van der Waals surface area contributed by atoms with Gasteiger partial charge in [0.15, 0.2) is 0 Å². The van der Waals surface area contributed by atoms with E-state index in [4.69, 9.17) is 9.47 Å². The van der Waals surface area contributed by atoms with Crippen molar-refractivity contribution in [1.82, 2.24) is 4.98 Å². The van der Waals surface area contributed by atoms with Crippen molar-refractivity contribution in [2.75, 3.05) is 6.61 Å². The maximum Gasteiger partial charge on any atom is 0.217 e. The quantitative estimate of drug-likeness (QED) is 0.792. The number of hydrogen-bond acceptors (Lipinski definition) is 3. The van der Waals surface area contributed by atoms with Crippen LogP contribution in [0.25, 0.3) is 0 Å². The first-order chi connectivity index (χ1) is 9.33. The average Bonchev–Trinajstić information content (AvgIpc) is 2.47. The second kappa shape index (κ2) is 6.78. The summed E-state index contributed by atoms with van der Waals surface area (Å²) in [5.74, 6) is 1.47. The van der Waals surface area contributed by atoms with E-state index in [2.05, 4.69) is 11.9 Å². The van der Waals surface area contributed by atoms with Gasteiger partial charge in [-0.3, -0.25) is 0 Å². The van der Waals surface area contributed by atoms with Gasteiger partial charge in [-0.1, -0.05) is 37.3 Å². The Labute approximate surface area is 114 Å². The molecule has 0 radical (unpaired) electrons. The summed E-state index contributed by atoms with van der Waals surface area (Å²) in [5, 5.41) is 0. The fourth-order valence-corrected chi connectivity index (χ4v) is 1.81. The first kappa shape index (κ1) is 13.4. The predicted molar refractivity (Wildman–Crippen MR) is 75.6 cm³/mol. The van der Waals surface area contributed by atoms with Crippen LogP contribution in [0.1, 0.15) is 25.0 Å². The molecule has 3 nitrogen and oxygen atoms in total. The maximum absolute atomic E-state index is 5.69. The Hall–Kier alpha value is -2.03. The smallest absolute Gasteiger partial charge is 0.217 e. The van der Waals surface area contributed by atoms with Gasteiger partial charge in [0.1, 0.15) is 12.4 Å². The Balaban J connectivity index is 2.06. The molecule has 0 atom stereocenters. The Morgan fingerprint density at radius 1 is 1.05 bits per heavy atom. The van der Waals surface area contributed by atoms with Gasteiger partial charge in [-0.2, -0.15) is 0 Å². The second-order valence-corrected chi connectivity index (χ2v) is 4.19. The molecule has 0 N–H and O–H groups in total. The van der Waals surface area contributed by atoms with Crippen LogP contribution in [0.3, 0.4) is 0 Å². The lowest BCUT2D eigenvalue weighted by molar-refractivity contribution is 0.287. The zero-order chi connectivity index (χ0) is 13.5. The lowest BCUT2D eigenvalue weighted by Gasteiger charge is -2.11. The number of nitrogens with zero attached hydrogens (tertiary/aromatic N) is 1. The van der Waals surface area contributed by atoms with Crippen molar-refractivity contribution in [3.63, 3.8) is 0 Å². The van der Waals surface area contributed by atoms with Crippen molar-refractivity contribution >= 4 is 0 Å². The van der Waals surface area contributed by atoms with Crippen LogP contribution < -0.4 is 9.47 Å². The normalized spacial score (nSPS) is 10.2. The molecular formula is C16H19NO2. The third kappa shape index (κ3) is 3.71. The van der Waals surface area contributed by atoms with Gasteiger partial charge in [0.2, 0.25) is 5.88 Å². The van der Waals surface area contributed by atoms with Gasteiger partial charge < -0.3 is 9.47 Å². The Kier molecular flexibility index (Phi) is 4.78. The molecule has 0 amide bonds. The number of aryl methyl sites for hydroxylation is 1. The number of aromatic nitrogens is 1. The van der Waals surface area contributed by atoms with E-state index in [-0.39, 0.29) is 0 Å². The van der Waals surface area contributed by atoms with Gasteiger partial charge in [-0.25, -0.2) is 4.98 Å². The van der Waals surface area contributed by atoms with Crippen LogP contribution in [0, 0.1) is 0 Å². The van der Waals surface area contributed by atoms with E-state index >= 15 is 0 Å². The molecule has 1 aromatic heterocycles.